The average molecular weight is 194 g/mol. The summed E-state index contributed by atoms with van der Waals surface area (Å²) >= 11 is 0. The van der Waals surface area contributed by atoms with E-state index in [9.17, 15) is 9.18 Å². The second-order valence-electron chi connectivity index (χ2n) is 2.84. The first kappa shape index (κ1) is 10.4. The summed E-state index contributed by atoms with van der Waals surface area (Å²) in [4.78, 5) is 11.3. The lowest BCUT2D eigenvalue weighted by Gasteiger charge is -2.06. The number of esters is 1. The molecular weight excluding hydrogens is 183 g/mol. The fourth-order valence-corrected chi connectivity index (χ4v) is 0.885. The number of rotatable bonds is 3. The summed E-state index contributed by atoms with van der Waals surface area (Å²) in [7, 11) is 0. The van der Waals surface area contributed by atoms with Crippen LogP contribution in [0.1, 0.15) is 6.92 Å². The Morgan fingerprint density at radius 1 is 1.43 bits per heavy atom. The smallest absolute Gasteiger partial charge is 0.317 e. The maximum atomic E-state index is 11.8. The van der Waals surface area contributed by atoms with E-state index in [1.165, 1.54) is 0 Å². The molecular formula is C11H11FO2. The highest BCUT2D eigenvalue weighted by Gasteiger charge is 2.11. The van der Waals surface area contributed by atoms with Gasteiger partial charge in [-0.15, -0.1) is 0 Å². The first-order valence-corrected chi connectivity index (χ1v) is 4.27. The van der Waals surface area contributed by atoms with Crippen molar-refractivity contribution in [2.24, 2.45) is 5.92 Å². The van der Waals surface area contributed by atoms with Crippen LogP contribution in [0.5, 0.6) is 5.75 Å². The van der Waals surface area contributed by atoms with Crippen LogP contribution in [0.15, 0.2) is 42.7 Å². The third kappa shape index (κ3) is 3.01. The molecule has 0 aliphatic heterocycles. The van der Waals surface area contributed by atoms with Crippen molar-refractivity contribution in [1.82, 2.24) is 0 Å². The molecule has 0 saturated heterocycles. The van der Waals surface area contributed by atoms with Crippen LogP contribution in [0, 0.1) is 5.92 Å². The second-order valence-corrected chi connectivity index (χ2v) is 2.84. The van der Waals surface area contributed by atoms with Crippen LogP contribution in [0.2, 0.25) is 0 Å². The van der Waals surface area contributed by atoms with Gasteiger partial charge in [0.2, 0.25) is 0 Å². The van der Waals surface area contributed by atoms with Crippen LogP contribution in [-0.4, -0.2) is 5.97 Å². The maximum Gasteiger partial charge on any atom is 0.317 e. The molecule has 0 aliphatic rings. The Balaban J connectivity index is 2.57. The van der Waals surface area contributed by atoms with E-state index in [0.29, 0.717) is 12.1 Å². The average Bonchev–Trinajstić information content (AvgIpc) is 2.19. The standard InChI is InChI=1S/C11H11FO2/c1-9(7-8-12)11(13)14-10-5-3-2-4-6-10/h2-9H,1H3/b8-7+. The van der Waals surface area contributed by atoms with Crippen LogP contribution >= 0.6 is 0 Å². The van der Waals surface area contributed by atoms with Crippen molar-refractivity contribution in [3.8, 4) is 5.75 Å². The number of benzene rings is 1. The van der Waals surface area contributed by atoms with Crippen molar-refractivity contribution in [2.45, 2.75) is 6.92 Å². The number of hydrogen-bond acceptors (Lipinski definition) is 2. The summed E-state index contributed by atoms with van der Waals surface area (Å²) in [5.41, 5.74) is 0. The van der Waals surface area contributed by atoms with E-state index in [4.69, 9.17) is 4.74 Å². The third-order valence-corrected chi connectivity index (χ3v) is 1.69. The molecule has 1 aromatic carbocycles. The molecule has 0 N–H and O–H groups in total. The van der Waals surface area contributed by atoms with Gasteiger partial charge in [0, 0.05) is 0 Å². The van der Waals surface area contributed by atoms with Crippen LogP contribution in [0.3, 0.4) is 0 Å². The summed E-state index contributed by atoms with van der Waals surface area (Å²) in [6, 6.07) is 8.69. The molecule has 0 heterocycles. The molecule has 2 nitrogen and oxygen atoms in total. The summed E-state index contributed by atoms with van der Waals surface area (Å²) < 4.78 is 16.7. The molecule has 3 heteroatoms. The second kappa shape index (κ2) is 5.17. The molecule has 0 radical (unpaired) electrons. The van der Waals surface area contributed by atoms with Crippen molar-refractivity contribution in [2.75, 3.05) is 0 Å². The number of halogens is 1. The van der Waals surface area contributed by atoms with E-state index in [1.54, 1.807) is 31.2 Å². The lowest BCUT2D eigenvalue weighted by molar-refractivity contribution is -0.136. The zero-order chi connectivity index (χ0) is 10.4. The molecule has 14 heavy (non-hydrogen) atoms. The quantitative estimate of drug-likeness (QED) is 0.546. The van der Waals surface area contributed by atoms with E-state index < -0.39 is 11.9 Å². The fourth-order valence-electron chi connectivity index (χ4n) is 0.885. The summed E-state index contributed by atoms with van der Waals surface area (Å²) in [6.07, 6.45) is 1.49. The summed E-state index contributed by atoms with van der Waals surface area (Å²) in [6.45, 7) is 1.57. The van der Waals surface area contributed by atoms with E-state index in [2.05, 4.69) is 0 Å². The van der Waals surface area contributed by atoms with Crippen LogP contribution in [0.25, 0.3) is 0 Å². The highest BCUT2D eigenvalue weighted by molar-refractivity contribution is 5.76. The van der Waals surface area contributed by atoms with Gasteiger partial charge in [0.15, 0.2) is 0 Å². The van der Waals surface area contributed by atoms with Gasteiger partial charge in [0.05, 0.1) is 12.2 Å². The molecule has 1 aromatic rings. The van der Waals surface area contributed by atoms with Crippen molar-refractivity contribution < 1.29 is 13.9 Å². The third-order valence-electron chi connectivity index (χ3n) is 1.69. The molecule has 0 fully saturated rings. The Morgan fingerprint density at radius 2 is 2.07 bits per heavy atom. The molecule has 1 rings (SSSR count). The predicted molar refractivity (Wildman–Crippen MR) is 51.5 cm³/mol. The van der Waals surface area contributed by atoms with Crippen LogP contribution in [-0.2, 0) is 4.79 Å². The lowest BCUT2D eigenvalue weighted by Crippen LogP contribution is -2.15. The minimum absolute atomic E-state index is 0.344. The Labute approximate surface area is 82.0 Å². The molecule has 0 amide bonds. The van der Waals surface area contributed by atoms with Gasteiger partial charge in [-0.2, -0.15) is 0 Å². The maximum absolute atomic E-state index is 11.8. The molecule has 74 valence electrons. The van der Waals surface area contributed by atoms with Crippen molar-refractivity contribution >= 4 is 5.97 Å². The van der Waals surface area contributed by atoms with Crippen molar-refractivity contribution in [3.05, 3.63) is 42.7 Å². The van der Waals surface area contributed by atoms with Crippen molar-refractivity contribution in [3.63, 3.8) is 0 Å². The van der Waals surface area contributed by atoms with Crippen molar-refractivity contribution in [1.29, 1.82) is 0 Å². The van der Waals surface area contributed by atoms with Gasteiger partial charge in [0.25, 0.3) is 0 Å². The monoisotopic (exact) mass is 194 g/mol. The van der Waals surface area contributed by atoms with Gasteiger partial charge in [-0.25, -0.2) is 4.39 Å². The number of carbonyl (C=O) groups excluding carboxylic acids is 1. The zero-order valence-electron chi connectivity index (χ0n) is 7.81. The van der Waals surface area contributed by atoms with Gasteiger partial charge in [-0.1, -0.05) is 18.2 Å². The summed E-state index contributed by atoms with van der Waals surface area (Å²) in [5, 5.41) is 0. The summed E-state index contributed by atoms with van der Waals surface area (Å²) in [5.74, 6) is -0.568. The lowest BCUT2D eigenvalue weighted by atomic mass is 10.2. The molecule has 0 spiro atoms. The van der Waals surface area contributed by atoms with E-state index >= 15 is 0 Å². The van der Waals surface area contributed by atoms with Gasteiger partial charge in [-0.3, -0.25) is 4.79 Å². The zero-order valence-corrected chi connectivity index (χ0v) is 7.81. The Hall–Kier alpha value is -1.64. The van der Waals surface area contributed by atoms with Crippen LogP contribution < -0.4 is 4.74 Å². The number of hydrogen-bond donors (Lipinski definition) is 0. The van der Waals surface area contributed by atoms with E-state index in [1.807, 2.05) is 6.07 Å². The Bertz CT molecular complexity index is 319. The fraction of sp³-hybridized carbons (Fsp3) is 0.182. The van der Waals surface area contributed by atoms with Gasteiger partial charge >= 0.3 is 5.97 Å². The molecule has 0 saturated carbocycles. The first-order valence-electron chi connectivity index (χ1n) is 4.27. The molecule has 1 atom stereocenters. The minimum Gasteiger partial charge on any atom is -0.426 e. The highest BCUT2D eigenvalue weighted by Crippen LogP contribution is 2.11. The number of para-hydroxylation sites is 1. The molecule has 0 aromatic heterocycles. The van der Waals surface area contributed by atoms with Gasteiger partial charge in [-0.05, 0) is 25.1 Å². The van der Waals surface area contributed by atoms with Gasteiger partial charge in [0.1, 0.15) is 5.75 Å². The van der Waals surface area contributed by atoms with E-state index in [0.717, 1.165) is 6.08 Å². The largest absolute Gasteiger partial charge is 0.426 e. The minimum atomic E-state index is -0.569. The van der Waals surface area contributed by atoms with E-state index in [-0.39, 0.29) is 0 Å². The molecule has 0 aliphatic carbocycles. The number of ether oxygens (including phenoxy) is 1. The normalized spacial score (nSPS) is 12.7. The SMILES string of the molecule is CC(/C=C/F)C(=O)Oc1ccccc1. The Morgan fingerprint density at radius 3 is 2.64 bits per heavy atom. The van der Waals surface area contributed by atoms with Crippen LogP contribution in [0.4, 0.5) is 4.39 Å². The molecule has 1 unspecified atom stereocenters. The topological polar surface area (TPSA) is 26.3 Å². The van der Waals surface area contributed by atoms with Gasteiger partial charge < -0.3 is 4.74 Å². The highest BCUT2D eigenvalue weighted by atomic mass is 19.1. The Kier molecular flexibility index (Phi) is 3.85. The first-order chi connectivity index (χ1) is 6.74. The predicted octanol–water partition coefficient (Wildman–Crippen LogP) is 2.71. The number of carbonyl (C=O) groups is 1. The molecule has 0 bridgehead atoms.